The second-order valence-corrected chi connectivity index (χ2v) is 9.81. The van der Waals surface area contributed by atoms with Gasteiger partial charge in [0, 0.05) is 15.6 Å². The number of rotatable bonds is 6. The predicted octanol–water partition coefficient (Wildman–Crippen LogP) is 7.96. The van der Waals surface area contributed by atoms with Gasteiger partial charge < -0.3 is 4.74 Å². The third kappa shape index (κ3) is 5.08. The van der Waals surface area contributed by atoms with Crippen LogP contribution in [-0.4, -0.2) is 16.0 Å². The molecule has 1 saturated heterocycles. The SMILES string of the molecule is O=C1S/C(=C\c2c(OCc3ccccc3)ccc3ccccc23)C(=O)N1Cc1ccc(Cl)cc1Cl. The van der Waals surface area contributed by atoms with E-state index in [1.165, 1.54) is 4.90 Å². The van der Waals surface area contributed by atoms with Crippen molar-refractivity contribution in [3.63, 3.8) is 0 Å². The minimum Gasteiger partial charge on any atom is -0.488 e. The summed E-state index contributed by atoms with van der Waals surface area (Å²) in [7, 11) is 0. The summed E-state index contributed by atoms with van der Waals surface area (Å²) >= 11 is 13.2. The summed E-state index contributed by atoms with van der Waals surface area (Å²) in [4.78, 5) is 27.5. The van der Waals surface area contributed by atoms with Crippen LogP contribution in [0.15, 0.2) is 89.8 Å². The third-order valence-electron chi connectivity index (χ3n) is 5.66. The van der Waals surface area contributed by atoms with Gasteiger partial charge in [0.15, 0.2) is 0 Å². The van der Waals surface area contributed by atoms with Crippen LogP contribution < -0.4 is 4.74 Å². The van der Waals surface area contributed by atoms with Crippen molar-refractivity contribution in [2.45, 2.75) is 13.2 Å². The molecule has 0 spiro atoms. The number of hydrogen-bond donors (Lipinski definition) is 0. The van der Waals surface area contributed by atoms with Crippen molar-refractivity contribution >= 4 is 63.0 Å². The number of hydrogen-bond acceptors (Lipinski definition) is 4. The van der Waals surface area contributed by atoms with Gasteiger partial charge in [0.25, 0.3) is 11.1 Å². The molecule has 0 unspecified atom stereocenters. The van der Waals surface area contributed by atoms with E-state index in [1.54, 1.807) is 24.3 Å². The highest BCUT2D eigenvalue weighted by Gasteiger charge is 2.35. The van der Waals surface area contributed by atoms with Gasteiger partial charge in [-0.15, -0.1) is 0 Å². The van der Waals surface area contributed by atoms with Crippen LogP contribution in [0.3, 0.4) is 0 Å². The first-order valence-electron chi connectivity index (χ1n) is 10.9. The van der Waals surface area contributed by atoms with E-state index < -0.39 is 0 Å². The van der Waals surface area contributed by atoms with Gasteiger partial charge in [-0.3, -0.25) is 14.5 Å². The van der Waals surface area contributed by atoms with Crippen molar-refractivity contribution < 1.29 is 14.3 Å². The third-order valence-corrected chi connectivity index (χ3v) is 7.15. The highest BCUT2D eigenvalue weighted by Crippen LogP contribution is 2.38. The number of nitrogens with zero attached hydrogens (tertiary/aromatic N) is 1. The molecule has 0 saturated carbocycles. The average molecular weight is 520 g/mol. The van der Waals surface area contributed by atoms with E-state index in [2.05, 4.69) is 0 Å². The molecule has 1 fully saturated rings. The van der Waals surface area contributed by atoms with Gasteiger partial charge in [-0.1, -0.05) is 89.9 Å². The van der Waals surface area contributed by atoms with E-state index in [0.29, 0.717) is 32.9 Å². The summed E-state index contributed by atoms with van der Waals surface area (Å²) in [5.41, 5.74) is 2.44. The van der Waals surface area contributed by atoms with E-state index in [9.17, 15) is 9.59 Å². The fraction of sp³-hybridized carbons (Fsp3) is 0.0714. The Balaban J connectivity index is 1.48. The summed E-state index contributed by atoms with van der Waals surface area (Å²) in [5, 5.41) is 2.50. The molecule has 0 aromatic heterocycles. The molecular formula is C28H19Cl2NO3S. The number of thioether (sulfide) groups is 1. The lowest BCUT2D eigenvalue weighted by Gasteiger charge is -2.14. The first-order valence-corrected chi connectivity index (χ1v) is 12.4. The second kappa shape index (κ2) is 10.2. The molecule has 4 nitrogen and oxygen atoms in total. The normalized spacial score (nSPS) is 14.8. The number of carbonyl (C=O) groups excluding carboxylic acids is 2. The highest BCUT2D eigenvalue weighted by molar-refractivity contribution is 8.18. The quantitative estimate of drug-likeness (QED) is 0.242. The lowest BCUT2D eigenvalue weighted by atomic mass is 10.0. The zero-order valence-corrected chi connectivity index (χ0v) is 20.7. The van der Waals surface area contributed by atoms with Crippen LogP contribution in [0.1, 0.15) is 16.7 Å². The molecule has 4 aromatic carbocycles. The maximum Gasteiger partial charge on any atom is 0.293 e. The molecule has 0 radical (unpaired) electrons. The fourth-order valence-corrected chi connectivity index (χ4v) is 5.16. The van der Waals surface area contributed by atoms with Crippen LogP contribution in [-0.2, 0) is 17.9 Å². The molecular weight excluding hydrogens is 501 g/mol. The molecule has 0 aliphatic carbocycles. The van der Waals surface area contributed by atoms with Gasteiger partial charge in [-0.2, -0.15) is 0 Å². The number of fused-ring (bicyclic) bond motifs is 1. The number of ether oxygens (including phenoxy) is 1. The van der Waals surface area contributed by atoms with Gasteiger partial charge in [0.1, 0.15) is 12.4 Å². The zero-order valence-electron chi connectivity index (χ0n) is 18.4. The smallest absolute Gasteiger partial charge is 0.293 e. The topological polar surface area (TPSA) is 46.6 Å². The molecule has 1 heterocycles. The van der Waals surface area contributed by atoms with Gasteiger partial charge in [0.05, 0.1) is 11.4 Å². The lowest BCUT2D eigenvalue weighted by Crippen LogP contribution is -2.27. The summed E-state index contributed by atoms with van der Waals surface area (Å²) in [6.07, 6.45) is 1.75. The van der Waals surface area contributed by atoms with Gasteiger partial charge in [0.2, 0.25) is 0 Å². The molecule has 4 aromatic rings. The fourth-order valence-electron chi connectivity index (χ4n) is 3.87. The minimum absolute atomic E-state index is 0.0743. The van der Waals surface area contributed by atoms with E-state index in [-0.39, 0.29) is 17.7 Å². The standard InChI is InChI=1S/C28H19Cl2NO3S/c29-21-12-10-20(24(30)14-21)16-31-27(32)26(35-28(31)33)15-23-22-9-5-4-8-19(22)11-13-25(23)34-17-18-6-2-1-3-7-18/h1-15H,16-17H2/b26-15-. The molecule has 1 aliphatic rings. The van der Waals surface area contributed by atoms with Crippen LogP contribution in [0.25, 0.3) is 16.8 Å². The van der Waals surface area contributed by atoms with Gasteiger partial charge in [-0.25, -0.2) is 0 Å². The lowest BCUT2D eigenvalue weighted by molar-refractivity contribution is -0.123. The van der Waals surface area contributed by atoms with E-state index in [4.69, 9.17) is 27.9 Å². The second-order valence-electron chi connectivity index (χ2n) is 7.98. The number of halogens is 2. The maximum atomic E-state index is 13.2. The molecule has 0 bridgehead atoms. The van der Waals surface area contributed by atoms with Crippen LogP contribution >= 0.6 is 35.0 Å². The Morgan fingerprint density at radius 3 is 2.46 bits per heavy atom. The maximum absolute atomic E-state index is 13.2. The molecule has 0 atom stereocenters. The Kier molecular flexibility index (Phi) is 6.82. The van der Waals surface area contributed by atoms with Crippen molar-refractivity contribution in [2.24, 2.45) is 0 Å². The largest absolute Gasteiger partial charge is 0.488 e. The Bertz CT molecular complexity index is 1470. The number of amides is 2. The monoisotopic (exact) mass is 519 g/mol. The first-order chi connectivity index (χ1) is 17.0. The predicted molar refractivity (Wildman–Crippen MR) is 143 cm³/mol. The summed E-state index contributed by atoms with van der Waals surface area (Å²) in [5.74, 6) is 0.271. The first kappa shape index (κ1) is 23.5. The van der Waals surface area contributed by atoms with Crippen molar-refractivity contribution in [1.29, 1.82) is 0 Å². The Morgan fingerprint density at radius 1 is 0.886 bits per heavy atom. The molecule has 2 amide bonds. The molecule has 174 valence electrons. The van der Waals surface area contributed by atoms with Gasteiger partial charge >= 0.3 is 0 Å². The molecule has 7 heteroatoms. The van der Waals surface area contributed by atoms with Crippen LogP contribution in [0.5, 0.6) is 5.75 Å². The number of benzene rings is 4. The molecule has 1 aliphatic heterocycles. The van der Waals surface area contributed by atoms with Crippen molar-refractivity contribution in [3.05, 3.63) is 117 Å². The summed E-state index contributed by atoms with van der Waals surface area (Å²) in [6.45, 7) is 0.460. The Hall–Kier alpha value is -3.25. The van der Waals surface area contributed by atoms with Crippen molar-refractivity contribution in [1.82, 2.24) is 4.90 Å². The average Bonchev–Trinajstić information content (AvgIpc) is 3.13. The Labute approximate surface area is 217 Å². The van der Waals surface area contributed by atoms with Crippen LogP contribution in [0.4, 0.5) is 4.79 Å². The molecule has 5 rings (SSSR count). The highest BCUT2D eigenvalue weighted by atomic mass is 35.5. The van der Waals surface area contributed by atoms with Crippen molar-refractivity contribution in [3.8, 4) is 5.75 Å². The van der Waals surface area contributed by atoms with Crippen molar-refractivity contribution in [2.75, 3.05) is 0 Å². The summed E-state index contributed by atoms with van der Waals surface area (Å²) in [6, 6.07) is 26.6. The van der Waals surface area contributed by atoms with Crippen LogP contribution in [0, 0.1) is 0 Å². The zero-order chi connectivity index (χ0) is 24.4. The Morgan fingerprint density at radius 2 is 1.66 bits per heavy atom. The molecule has 35 heavy (non-hydrogen) atoms. The van der Waals surface area contributed by atoms with E-state index in [1.807, 2.05) is 66.7 Å². The minimum atomic E-state index is -0.368. The van der Waals surface area contributed by atoms with E-state index >= 15 is 0 Å². The number of imide groups is 1. The van der Waals surface area contributed by atoms with E-state index in [0.717, 1.165) is 33.7 Å². The van der Waals surface area contributed by atoms with Crippen LogP contribution in [0.2, 0.25) is 10.0 Å². The summed E-state index contributed by atoms with van der Waals surface area (Å²) < 4.78 is 6.16. The number of carbonyl (C=O) groups is 2. The van der Waals surface area contributed by atoms with Gasteiger partial charge in [-0.05, 0) is 57.9 Å². The molecule has 0 N–H and O–H groups in total.